The second kappa shape index (κ2) is 12.4. The number of guanidine groups is 1. The summed E-state index contributed by atoms with van der Waals surface area (Å²) >= 11 is 0. The van der Waals surface area contributed by atoms with E-state index in [0.717, 1.165) is 44.6 Å². The fourth-order valence-electron chi connectivity index (χ4n) is 2.33. The molecule has 0 unspecified atom stereocenters. The quantitative estimate of drug-likeness (QED) is 0.244. The molecule has 0 spiro atoms. The Morgan fingerprint density at radius 2 is 1.92 bits per heavy atom. The predicted molar refractivity (Wildman–Crippen MR) is 117 cm³/mol. The molecule has 0 aromatic heterocycles. The molecule has 0 radical (unpaired) electrons. The fourth-order valence-corrected chi connectivity index (χ4v) is 2.33. The zero-order valence-corrected chi connectivity index (χ0v) is 18.1. The Bertz CT molecular complexity index is 501. The number of nitrogens with one attached hydrogen (secondary N) is 2. The largest absolute Gasteiger partial charge is 0.381 e. The summed E-state index contributed by atoms with van der Waals surface area (Å²) in [5.41, 5.74) is 2.42. The molecule has 1 aromatic carbocycles. The normalized spacial score (nSPS) is 14.0. The first-order chi connectivity index (χ1) is 11.7. The van der Waals surface area contributed by atoms with Crippen molar-refractivity contribution in [1.82, 2.24) is 10.6 Å². The van der Waals surface area contributed by atoms with Crippen LogP contribution in [-0.2, 0) is 11.3 Å². The molecule has 2 rings (SSSR count). The lowest BCUT2D eigenvalue weighted by Crippen LogP contribution is -2.38. The summed E-state index contributed by atoms with van der Waals surface area (Å²) in [6, 6.07) is 8.52. The molecule has 142 valence electrons. The highest BCUT2D eigenvalue weighted by Gasteiger charge is 2.20. The van der Waals surface area contributed by atoms with Gasteiger partial charge in [0.1, 0.15) is 0 Å². The van der Waals surface area contributed by atoms with Crippen molar-refractivity contribution < 1.29 is 4.74 Å². The predicted octanol–water partition coefficient (Wildman–Crippen LogP) is 3.24. The topological polar surface area (TPSA) is 48.9 Å². The number of nitrogens with zero attached hydrogens (tertiary/aromatic N) is 2. The number of aliphatic imine (C=N–C) groups is 1. The van der Waals surface area contributed by atoms with Gasteiger partial charge in [0.05, 0.1) is 6.54 Å². The van der Waals surface area contributed by atoms with E-state index in [-0.39, 0.29) is 24.0 Å². The zero-order chi connectivity index (χ0) is 17.2. The van der Waals surface area contributed by atoms with Crippen LogP contribution in [0.2, 0.25) is 0 Å². The summed E-state index contributed by atoms with van der Waals surface area (Å²) < 4.78 is 5.65. The maximum atomic E-state index is 5.65. The summed E-state index contributed by atoms with van der Waals surface area (Å²) in [4.78, 5) is 6.76. The number of hydrogen-bond donors (Lipinski definition) is 2. The summed E-state index contributed by atoms with van der Waals surface area (Å²) in [6.07, 6.45) is 3.71. The molecule has 1 aromatic rings. The minimum atomic E-state index is 0. The van der Waals surface area contributed by atoms with Crippen LogP contribution in [0.5, 0.6) is 0 Å². The highest BCUT2D eigenvalue weighted by Crippen LogP contribution is 2.28. The van der Waals surface area contributed by atoms with Crippen molar-refractivity contribution in [3.05, 3.63) is 29.8 Å². The third-order valence-corrected chi connectivity index (χ3v) is 4.03. The highest BCUT2D eigenvalue weighted by molar-refractivity contribution is 14.0. The lowest BCUT2D eigenvalue weighted by molar-refractivity contribution is 0.123. The van der Waals surface area contributed by atoms with Crippen LogP contribution in [0.15, 0.2) is 29.3 Å². The first-order valence-electron chi connectivity index (χ1n) is 9.05. The molecule has 6 heteroatoms. The number of hydrogen-bond acceptors (Lipinski definition) is 3. The van der Waals surface area contributed by atoms with E-state index in [4.69, 9.17) is 4.74 Å². The number of halogens is 1. The number of rotatable bonds is 10. The molecule has 0 aliphatic heterocycles. The second-order valence-corrected chi connectivity index (χ2v) is 6.55. The average molecular weight is 460 g/mol. The van der Waals surface area contributed by atoms with E-state index >= 15 is 0 Å². The molecule has 2 N–H and O–H groups in total. The fraction of sp³-hybridized carbons (Fsp3) is 0.632. The highest BCUT2D eigenvalue weighted by atomic mass is 127. The van der Waals surface area contributed by atoms with Crippen molar-refractivity contribution in [3.8, 4) is 0 Å². The first-order valence-corrected chi connectivity index (χ1v) is 9.05. The van der Waals surface area contributed by atoms with Gasteiger partial charge in [-0.1, -0.05) is 12.1 Å². The molecular weight excluding hydrogens is 427 g/mol. The minimum Gasteiger partial charge on any atom is -0.381 e. The van der Waals surface area contributed by atoms with E-state index in [0.29, 0.717) is 6.54 Å². The van der Waals surface area contributed by atoms with Gasteiger partial charge in [-0.05, 0) is 49.8 Å². The summed E-state index contributed by atoms with van der Waals surface area (Å²) in [5.74, 6) is 1.71. The van der Waals surface area contributed by atoms with Crippen LogP contribution in [-0.4, -0.2) is 46.4 Å². The zero-order valence-electron chi connectivity index (χ0n) is 15.8. The number of benzene rings is 1. The van der Waals surface area contributed by atoms with E-state index in [9.17, 15) is 0 Å². The van der Waals surface area contributed by atoms with E-state index < -0.39 is 0 Å². The van der Waals surface area contributed by atoms with Crippen LogP contribution in [0.3, 0.4) is 0 Å². The number of ether oxygens (including phenoxy) is 1. The van der Waals surface area contributed by atoms with E-state index in [2.05, 4.69) is 65.8 Å². The molecule has 0 atom stereocenters. The summed E-state index contributed by atoms with van der Waals surface area (Å²) in [7, 11) is 4.10. The average Bonchev–Trinajstić information content (AvgIpc) is 3.40. The van der Waals surface area contributed by atoms with Crippen molar-refractivity contribution in [2.75, 3.05) is 45.3 Å². The van der Waals surface area contributed by atoms with Gasteiger partial charge in [-0.2, -0.15) is 0 Å². The van der Waals surface area contributed by atoms with Crippen LogP contribution in [0.1, 0.15) is 31.7 Å². The van der Waals surface area contributed by atoms with Crippen LogP contribution in [0.25, 0.3) is 0 Å². The van der Waals surface area contributed by atoms with Crippen LogP contribution in [0.4, 0.5) is 5.69 Å². The van der Waals surface area contributed by atoms with Gasteiger partial charge in [-0.25, -0.2) is 4.99 Å². The molecule has 25 heavy (non-hydrogen) atoms. The van der Waals surface area contributed by atoms with E-state index in [1.54, 1.807) is 0 Å². The van der Waals surface area contributed by atoms with Crippen LogP contribution < -0.4 is 15.5 Å². The lowest BCUT2D eigenvalue weighted by atomic mass is 10.2. The molecule has 5 nitrogen and oxygen atoms in total. The molecular formula is C19H33IN4O. The third-order valence-electron chi connectivity index (χ3n) is 4.03. The summed E-state index contributed by atoms with van der Waals surface area (Å²) in [5, 5.41) is 6.67. The van der Waals surface area contributed by atoms with E-state index in [1.807, 2.05) is 0 Å². The Labute approximate surface area is 169 Å². The third kappa shape index (κ3) is 9.30. The Kier molecular flexibility index (Phi) is 10.9. The molecule has 0 bridgehead atoms. The molecule has 1 saturated carbocycles. The minimum absolute atomic E-state index is 0. The van der Waals surface area contributed by atoms with Crippen LogP contribution >= 0.6 is 24.0 Å². The Morgan fingerprint density at radius 1 is 1.20 bits per heavy atom. The van der Waals surface area contributed by atoms with E-state index in [1.165, 1.54) is 24.1 Å². The SMILES string of the molecule is CCNC(=NCc1ccc(N(C)C)cc1)NCCCOCC1CC1.I. The summed E-state index contributed by atoms with van der Waals surface area (Å²) in [6.45, 7) is 6.29. The van der Waals surface area contributed by atoms with Gasteiger partial charge in [0.2, 0.25) is 0 Å². The maximum absolute atomic E-state index is 5.65. The standard InChI is InChI=1S/C19H32N4O.HI/c1-4-20-19(21-12-5-13-24-15-17-6-7-17)22-14-16-8-10-18(11-9-16)23(2)3;/h8-11,17H,4-7,12-15H2,1-3H3,(H2,20,21,22);1H. The lowest BCUT2D eigenvalue weighted by Gasteiger charge is -2.13. The smallest absolute Gasteiger partial charge is 0.191 e. The van der Waals surface area contributed by atoms with Gasteiger partial charge < -0.3 is 20.3 Å². The van der Waals surface area contributed by atoms with Crippen molar-refractivity contribution >= 4 is 35.6 Å². The monoisotopic (exact) mass is 460 g/mol. The van der Waals surface area contributed by atoms with Crippen LogP contribution in [0, 0.1) is 5.92 Å². The Balaban J connectivity index is 0.00000312. The molecule has 0 heterocycles. The van der Waals surface area contributed by atoms with Crippen molar-refractivity contribution in [3.63, 3.8) is 0 Å². The van der Waals surface area contributed by atoms with Crippen molar-refractivity contribution in [1.29, 1.82) is 0 Å². The maximum Gasteiger partial charge on any atom is 0.191 e. The van der Waals surface area contributed by atoms with Crippen molar-refractivity contribution in [2.45, 2.75) is 32.7 Å². The molecule has 1 aliphatic carbocycles. The van der Waals surface area contributed by atoms with Gasteiger partial charge in [-0.3, -0.25) is 0 Å². The molecule has 1 fully saturated rings. The Morgan fingerprint density at radius 3 is 2.52 bits per heavy atom. The molecule has 0 amide bonds. The van der Waals surface area contributed by atoms with Gasteiger partial charge in [-0.15, -0.1) is 24.0 Å². The molecule has 0 saturated heterocycles. The first kappa shape index (κ1) is 22.0. The van der Waals surface area contributed by atoms with Gasteiger partial charge in [0.25, 0.3) is 0 Å². The van der Waals surface area contributed by atoms with Gasteiger partial charge in [0, 0.05) is 46.1 Å². The second-order valence-electron chi connectivity index (χ2n) is 6.55. The number of anilines is 1. The molecule has 1 aliphatic rings. The van der Waals surface area contributed by atoms with Gasteiger partial charge in [0.15, 0.2) is 5.96 Å². The Hall–Kier alpha value is -1.02. The van der Waals surface area contributed by atoms with Gasteiger partial charge >= 0.3 is 0 Å². The van der Waals surface area contributed by atoms with Crippen molar-refractivity contribution in [2.24, 2.45) is 10.9 Å².